The molecule has 4 rings (SSSR count). The standard InChI is InChI=1S/C14H13Cl2N5O3S2.C13H13Cl2N3O3S3/c1-21(2)26(23,24)13-12(22)10(6-25-13)20-14(18-7-17)19-9-5-3-4-8(15)11(9)16;1-18(2)24(20,21)12-11(19)9(6-23-12)17-13(22)16-8-5-3-4-7(14)10(8)15/h3-6,22H,1-2H3,(H2,18,19,20);3-6,19H,1-2H3,(H2,16,17,22). The molecule has 0 fully saturated rings. The third kappa shape index (κ3) is 9.80. The molecule has 50 heavy (non-hydrogen) atoms. The van der Waals surface area contributed by atoms with Gasteiger partial charge in [0, 0.05) is 39.0 Å². The molecule has 0 unspecified atom stereocenters. The van der Waals surface area contributed by atoms with E-state index in [1.165, 1.54) is 39.0 Å². The lowest BCUT2D eigenvalue weighted by molar-refractivity contribution is 0.459. The van der Waals surface area contributed by atoms with Gasteiger partial charge >= 0.3 is 0 Å². The van der Waals surface area contributed by atoms with Gasteiger partial charge in [-0.1, -0.05) is 58.5 Å². The Balaban J connectivity index is 0.000000271. The summed E-state index contributed by atoms with van der Waals surface area (Å²) in [5.74, 6) is -0.943. The Bertz CT molecular complexity index is 2190. The van der Waals surface area contributed by atoms with Crippen LogP contribution in [0.1, 0.15) is 0 Å². The molecule has 14 nitrogen and oxygen atoms in total. The van der Waals surface area contributed by atoms with Crippen LogP contribution in [0, 0.1) is 11.5 Å². The number of thiophene rings is 2. The minimum absolute atomic E-state index is 0.0649. The van der Waals surface area contributed by atoms with Crippen molar-refractivity contribution in [2.45, 2.75) is 8.42 Å². The van der Waals surface area contributed by atoms with Crippen LogP contribution in [-0.4, -0.2) is 74.9 Å². The molecule has 0 saturated heterocycles. The third-order valence-electron chi connectivity index (χ3n) is 5.93. The Morgan fingerprint density at radius 2 is 1.24 bits per heavy atom. The van der Waals surface area contributed by atoms with E-state index in [0.717, 1.165) is 31.3 Å². The second kappa shape index (κ2) is 17.4. The first-order valence-electron chi connectivity index (χ1n) is 13.3. The van der Waals surface area contributed by atoms with Gasteiger partial charge in [-0.15, -0.1) is 22.7 Å². The number of guanidine groups is 1. The number of hydrogen-bond acceptors (Lipinski definition) is 11. The zero-order chi connectivity index (χ0) is 37.6. The fraction of sp³-hybridized carbons (Fsp3) is 0.148. The molecule has 23 heteroatoms. The summed E-state index contributed by atoms with van der Waals surface area (Å²) >= 11 is 30.8. The van der Waals surface area contributed by atoms with Crippen LogP contribution in [0.2, 0.25) is 20.1 Å². The Kier molecular flexibility index (Phi) is 14.4. The van der Waals surface area contributed by atoms with E-state index in [4.69, 9.17) is 63.9 Å². The second-order valence-electron chi connectivity index (χ2n) is 9.72. The van der Waals surface area contributed by atoms with Gasteiger partial charge in [-0.2, -0.15) is 5.26 Å². The maximum atomic E-state index is 12.2. The van der Waals surface area contributed by atoms with Crippen LogP contribution >= 0.6 is 81.3 Å². The number of benzene rings is 2. The number of anilines is 3. The van der Waals surface area contributed by atoms with E-state index < -0.39 is 31.5 Å². The summed E-state index contributed by atoms with van der Waals surface area (Å²) in [5, 5.41) is 43.9. The van der Waals surface area contributed by atoms with Crippen LogP contribution < -0.4 is 21.3 Å². The first-order valence-corrected chi connectivity index (χ1v) is 19.8. The molecule has 2 aromatic carbocycles. The Morgan fingerprint density at radius 3 is 1.74 bits per heavy atom. The van der Waals surface area contributed by atoms with Crippen molar-refractivity contribution in [3.8, 4) is 17.7 Å². The summed E-state index contributed by atoms with van der Waals surface area (Å²) in [5.41, 5.74) is 1.00. The van der Waals surface area contributed by atoms with Crippen molar-refractivity contribution in [2.24, 2.45) is 4.99 Å². The van der Waals surface area contributed by atoms with Crippen LogP contribution in [0.3, 0.4) is 0 Å². The van der Waals surface area contributed by atoms with Gasteiger partial charge < -0.3 is 26.2 Å². The lowest BCUT2D eigenvalue weighted by atomic mass is 10.3. The maximum absolute atomic E-state index is 12.2. The fourth-order valence-electron chi connectivity index (χ4n) is 3.39. The number of thiocarbonyl (C=S) groups is 1. The molecule has 0 spiro atoms. The molecule has 0 radical (unpaired) electrons. The molecular formula is C27H26Cl4N8O6S5. The number of nitrogens with zero attached hydrogens (tertiary/aromatic N) is 4. The lowest BCUT2D eigenvalue weighted by Crippen LogP contribution is -2.26. The Labute approximate surface area is 321 Å². The molecule has 0 saturated carbocycles. The van der Waals surface area contributed by atoms with Gasteiger partial charge in [0.2, 0.25) is 5.96 Å². The van der Waals surface area contributed by atoms with Crippen molar-refractivity contribution < 1.29 is 27.0 Å². The predicted octanol–water partition coefficient (Wildman–Crippen LogP) is 7.00. The monoisotopic (exact) mass is 858 g/mol. The summed E-state index contributed by atoms with van der Waals surface area (Å²) in [6.45, 7) is 0. The van der Waals surface area contributed by atoms with Crippen LogP contribution in [0.15, 0.2) is 60.6 Å². The van der Waals surface area contributed by atoms with Gasteiger partial charge in [0.15, 0.2) is 31.2 Å². The summed E-state index contributed by atoms with van der Waals surface area (Å²) in [7, 11) is -2.07. The van der Waals surface area contributed by atoms with Crippen LogP contribution in [-0.2, 0) is 20.0 Å². The van der Waals surface area contributed by atoms with E-state index in [2.05, 4.69) is 26.3 Å². The first-order chi connectivity index (χ1) is 23.3. The number of aromatic hydroxyl groups is 2. The summed E-state index contributed by atoms with van der Waals surface area (Å²) < 4.78 is 50.1. The molecular weight excluding hydrogens is 834 g/mol. The van der Waals surface area contributed by atoms with Gasteiger partial charge in [0.1, 0.15) is 0 Å². The lowest BCUT2D eigenvalue weighted by Gasteiger charge is -2.12. The van der Waals surface area contributed by atoms with Crippen molar-refractivity contribution in [3.63, 3.8) is 0 Å². The highest BCUT2D eigenvalue weighted by Crippen LogP contribution is 2.40. The maximum Gasteiger partial charge on any atom is 0.255 e. The van der Waals surface area contributed by atoms with Gasteiger partial charge in [-0.25, -0.2) is 30.4 Å². The number of halogens is 4. The van der Waals surface area contributed by atoms with E-state index in [-0.39, 0.29) is 46.6 Å². The van der Waals surface area contributed by atoms with Crippen LogP contribution in [0.4, 0.5) is 22.7 Å². The Morgan fingerprint density at radius 1 is 0.780 bits per heavy atom. The number of rotatable bonds is 8. The van der Waals surface area contributed by atoms with Crippen molar-refractivity contribution in [2.75, 3.05) is 44.1 Å². The number of sulfonamides is 2. The number of hydrogen-bond donors (Lipinski definition) is 6. The van der Waals surface area contributed by atoms with Gasteiger partial charge in [0.25, 0.3) is 20.0 Å². The molecule has 2 aromatic heterocycles. The Hall–Kier alpha value is -3.13. The molecule has 0 atom stereocenters. The quantitative estimate of drug-likeness (QED) is 0.0349. The first kappa shape index (κ1) is 41.3. The van der Waals surface area contributed by atoms with Gasteiger partial charge in [-0.05, 0) is 36.5 Å². The smallest absolute Gasteiger partial charge is 0.255 e. The van der Waals surface area contributed by atoms with Crippen molar-refractivity contribution in [1.82, 2.24) is 13.9 Å². The average molecular weight is 861 g/mol. The molecule has 4 aromatic rings. The second-order valence-corrected chi connectivity index (χ2v) is 18.2. The minimum Gasteiger partial charge on any atom is -0.504 e. The van der Waals surface area contributed by atoms with Crippen molar-refractivity contribution in [3.05, 3.63) is 67.2 Å². The third-order valence-corrected chi connectivity index (χ3v) is 14.4. The fourth-order valence-corrected chi connectivity index (χ4v) is 9.05. The molecule has 268 valence electrons. The molecule has 6 N–H and O–H groups in total. The zero-order valence-electron chi connectivity index (χ0n) is 26.0. The van der Waals surface area contributed by atoms with Gasteiger partial charge in [-0.3, -0.25) is 5.32 Å². The molecule has 0 aliphatic rings. The van der Waals surface area contributed by atoms with E-state index in [9.17, 15) is 27.0 Å². The van der Waals surface area contributed by atoms with Crippen molar-refractivity contribution in [1.29, 1.82) is 5.26 Å². The highest BCUT2D eigenvalue weighted by atomic mass is 35.5. The van der Waals surface area contributed by atoms with E-state index in [1.807, 2.05) is 0 Å². The normalized spacial score (nSPS) is 11.8. The zero-order valence-corrected chi connectivity index (χ0v) is 33.1. The predicted molar refractivity (Wildman–Crippen MR) is 206 cm³/mol. The molecule has 2 heterocycles. The van der Waals surface area contributed by atoms with Crippen LogP contribution in [0.5, 0.6) is 11.5 Å². The van der Waals surface area contributed by atoms with E-state index in [0.29, 0.717) is 15.7 Å². The largest absolute Gasteiger partial charge is 0.504 e. The molecule has 0 aliphatic heterocycles. The molecule has 0 amide bonds. The summed E-state index contributed by atoms with van der Waals surface area (Å²) in [6, 6.07) is 9.79. The molecule has 0 bridgehead atoms. The van der Waals surface area contributed by atoms with Crippen molar-refractivity contribution >= 4 is 135 Å². The van der Waals surface area contributed by atoms with Gasteiger partial charge in [0.05, 0.1) is 42.8 Å². The SMILES string of the molecule is CN(C)S(=O)(=O)c1scc(NC(=Nc2cccc(Cl)c2Cl)NC#N)c1O.CN(C)S(=O)(=O)c1scc(NC(=S)Nc2cccc(Cl)c2Cl)c1O. The van der Waals surface area contributed by atoms with E-state index >= 15 is 0 Å². The molecule has 0 aliphatic carbocycles. The van der Waals surface area contributed by atoms with E-state index in [1.54, 1.807) is 42.6 Å². The highest BCUT2D eigenvalue weighted by Gasteiger charge is 2.27. The number of aliphatic imine (C=N–C) groups is 1. The highest BCUT2D eigenvalue weighted by molar-refractivity contribution is 7.91. The average Bonchev–Trinajstić information content (AvgIpc) is 3.60. The topological polar surface area (TPSA) is 199 Å². The minimum atomic E-state index is -3.81. The van der Waals surface area contributed by atoms with Crippen LogP contribution in [0.25, 0.3) is 0 Å². The number of nitrogens with one attached hydrogen (secondary N) is 4. The summed E-state index contributed by atoms with van der Waals surface area (Å²) in [4.78, 5) is 4.14. The summed E-state index contributed by atoms with van der Waals surface area (Å²) in [6.07, 6.45) is 1.69. The number of nitriles is 1.